The minimum Gasteiger partial charge on any atom is -0.313 e. The summed E-state index contributed by atoms with van der Waals surface area (Å²) in [6.07, 6.45) is -0.692. The maximum Gasteiger partial charge on any atom is 0.129 e. The SMILES string of the molecule is CN[C@H]1CN(C(C)C)C[C@@H]1F. The van der Waals surface area contributed by atoms with Gasteiger partial charge in [-0.3, -0.25) is 4.90 Å². The second-order valence-electron chi connectivity index (χ2n) is 3.46. The fourth-order valence-corrected chi connectivity index (χ4v) is 1.49. The molecule has 0 amide bonds. The van der Waals surface area contributed by atoms with Crippen LogP contribution in [0.15, 0.2) is 0 Å². The van der Waals surface area contributed by atoms with E-state index in [0.717, 1.165) is 6.54 Å². The summed E-state index contributed by atoms with van der Waals surface area (Å²) in [5.74, 6) is 0. The molecule has 0 unspecified atom stereocenters. The maximum absolute atomic E-state index is 13.1. The highest BCUT2D eigenvalue weighted by atomic mass is 19.1. The predicted molar refractivity (Wildman–Crippen MR) is 44.5 cm³/mol. The lowest BCUT2D eigenvalue weighted by atomic mass is 10.2. The van der Waals surface area contributed by atoms with E-state index >= 15 is 0 Å². The highest BCUT2D eigenvalue weighted by molar-refractivity contribution is 4.89. The first-order chi connectivity index (χ1) is 5.15. The number of hydrogen-bond donors (Lipinski definition) is 1. The number of likely N-dealkylation sites (tertiary alicyclic amines) is 1. The van der Waals surface area contributed by atoms with Crippen LogP contribution in [0.3, 0.4) is 0 Å². The van der Waals surface area contributed by atoms with Crippen LogP contribution in [0.5, 0.6) is 0 Å². The molecule has 0 radical (unpaired) electrons. The van der Waals surface area contributed by atoms with Gasteiger partial charge in [0.25, 0.3) is 0 Å². The Morgan fingerprint density at radius 1 is 1.45 bits per heavy atom. The van der Waals surface area contributed by atoms with E-state index in [4.69, 9.17) is 0 Å². The lowest BCUT2D eigenvalue weighted by molar-refractivity contribution is 0.245. The van der Waals surface area contributed by atoms with Gasteiger partial charge in [-0.05, 0) is 20.9 Å². The molecule has 1 aliphatic heterocycles. The van der Waals surface area contributed by atoms with Crippen molar-refractivity contribution in [2.75, 3.05) is 20.1 Å². The Kier molecular flexibility index (Phi) is 2.84. The van der Waals surface area contributed by atoms with Crippen molar-refractivity contribution in [2.45, 2.75) is 32.1 Å². The van der Waals surface area contributed by atoms with Crippen molar-refractivity contribution in [2.24, 2.45) is 0 Å². The Morgan fingerprint density at radius 2 is 2.09 bits per heavy atom. The number of halogens is 1. The third kappa shape index (κ3) is 1.91. The quantitative estimate of drug-likeness (QED) is 0.637. The van der Waals surface area contributed by atoms with Crippen LogP contribution in [0.2, 0.25) is 0 Å². The molecule has 0 saturated carbocycles. The topological polar surface area (TPSA) is 15.3 Å². The van der Waals surface area contributed by atoms with E-state index in [9.17, 15) is 4.39 Å². The Bertz CT molecular complexity index is 127. The van der Waals surface area contributed by atoms with Crippen molar-refractivity contribution in [3.05, 3.63) is 0 Å². The molecular formula is C8H17FN2. The zero-order chi connectivity index (χ0) is 8.43. The molecule has 3 heteroatoms. The molecule has 0 aromatic rings. The first-order valence-electron chi connectivity index (χ1n) is 4.20. The van der Waals surface area contributed by atoms with Gasteiger partial charge in [-0.2, -0.15) is 0 Å². The van der Waals surface area contributed by atoms with E-state index in [1.165, 1.54) is 0 Å². The van der Waals surface area contributed by atoms with Gasteiger partial charge in [-0.1, -0.05) is 0 Å². The maximum atomic E-state index is 13.1. The Hall–Kier alpha value is -0.150. The van der Waals surface area contributed by atoms with Crippen LogP contribution >= 0.6 is 0 Å². The summed E-state index contributed by atoms with van der Waals surface area (Å²) in [6, 6.07) is 0.504. The highest BCUT2D eigenvalue weighted by Gasteiger charge is 2.32. The lowest BCUT2D eigenvalue weighted by Crippen LogP contribution is -2.35. The fraction of sp³-hybridized carbons (Fsp3) is 1.00. The predicted octanol–water partition coefficient (Wildman–Crippen LogP) is 0.636. The van der Waals surface area contributed by atoms with Gasteiger partial charge in [0.15, 0.2) is 0 Å². The minimum absolute atomic E-state index is 0.0393. The molecule has 2 nitrogen and oxygen atoms in total. The second kappa shape index (κ2) is 3.50. The summed E-state index contributed by atoms with van der Waals surface area (Å²) >= 11 is 0. The molecule has 1 rings (SSSR count). The van der Waals surface area contributed by atoms with Gasteiger partial charge >= 0.3 is 0 Å². The fourth-order valence-electron chi connectivity index (χ4n) is 1.49. The molecule has 1 fully saturated rings. The Balaban J connectivity index is 2.43. The summed E-state index contributed by atoms with van der Waals surface area (Å²) in [5, 5.41) is 2.98. The zero-order valence-corrected chi connectivity index (χ0v) is 7.47. The number of rotatable bonds is 2. The van der Waals surface area contributed by atoms with E-state index in [-0.39, 0.29) is 6.04 Å². The van der Waals surface area contributed by atoms with Gasteiger partial charge in [-0.15, -0.1) is 0 Å². The van der Waals surface area contributed by atoms with Crippen molar-refractivity contribution in [3.63, 3.8) is 0 Å². The van der Waals surface area contributed by atoms with Crippen LogP contribution in [0, 0.1) is 0 Å². The van der Waals surface area contributed by atoms with E-state index < -0.39 is 6.17 Å². The number of alkyl halides is 1. The van der Waals surface area contributed by atoms with Crippen molar-refractivity contribution >= 4 is 0 Å². The highest BCUT2D eigenvalue weighted by Crippen LogP contribution is 2.15. The van der Waals surface area contributed by atoms with Gasteiger partial charge in [0.1, 0.15) is 6.17 Å². The average Bonchev–Trinajstić information content (AvgIpc) is 2.31. The molecule has 0 spiro atoms. The van der Waals surface area contributed by atoms with E-state index in [2.05, 4.69) is 24.1 Å². The smallest absolute Gasteiger partial charge is 0.129 e. The summed E-state index contributed by atoms with van der Waals surface area (Å²) in [6.45, 7) is 5.63. The first-order valence-corrected chi connectivity index (χ1v) is 4.20. The molecule has 11 heavy (non-hydrogen) atoms. The minimum atomic E-state index is -0.692. The Labute approximate surface area is 67.8 Å². The third-order valence-electron chi connectivity index (χ3n) is 2.38. The molecule has 1 saturated heterocycles. The van der Waals surface area contributed by atoms with Crippen molar-refractivity contribution in [1.82, 2.24) is 10.2 Å². The van der Waals surface area contributed by atoms with Crippen LogP contribution in [0.25, 0.3) is 0 Å². The van der Waals surface area contributed by atoms with Gasteiger partial charge in [-0.25, -0.2) is 4.39 Å². The molecule has 66 valence electrons. The first kappa shape index (κ1) is 8.94. The van der Waals surface area contributed by atoms with E-state index in [1.54, 1.807) is 0 Å². The number of nitrogens with one attached hydrogen (secondary N) is 1. The normalized spacial score (nSPS) is 33.5. The van der Waals surface area contributed by atoms with Gasteiger partial charge < -0.3 is 5.32 Å². The molecule has 1 heterocycles. The van der Waals surface area contributed by atoms with Crippen molar-refractivity contribution in [3.8, 4) is 0 Å². The van der Waals surface area contributed by atoms with E-state index in [1.807, 2.05) is 7.05 Å². The standard InChI is InChI=1S/C8H17FN2/c1-6(2)11-4-7(9)8(5-11)10-3/h6-8,10H,4-5H2,1-3H3/t7-,8-/m0/s1. The van der Waals surface area contributed by atoms with Crippen molar-refractivity contribution in [1.29, 1.82) is 0 Å². The molecule has 0 aliphatic carbocycles. The van der Waals surface area contributed by atoms with Crippen LogP contribution in [-0.4, -0.2) is 43.3 Å². The van der Waals surface area contributed by atoms with E-state index in [0.29, 0.717) is 12.6 Å². The van der Waals surface area contributed by atoms with Crippen molar-refractivity contribution < 1.29 is 4.39 Å². The largest absolute Gasteiger partial charge is 0.313 e. The molecule has 0 aromatic carbocycles. The van der Waals surface area contributed by atoms with Crippen LogP contribution in [0.1, 0.15) is 13.8 Å². The monoisotopic (exact) mass is 160 g/mol. The molecule has 0 bridgehead atoms. The number of likely N-dealkylation sites (N-methyl/N-ethyl adjacent to an activating group) is 1. The third-order valence-corrected chi connectivity index (χ3v) is 2.38. The Morgan fingerprint density at radius 3 is 2.36 bits per heavy atom. The summed E-state index contributed by atoms with van der Waals surface area (Å²) < 4.78 is 13.1. The zero-order valence-electron chi connectivity index (χ0n) is 7.47. The summed E-state index contributed by atoms with van der Waals surface area (Å²) in [4.78, 5) is 2.16. The molecule has 2 atom stereocenters. The molecule has 1 N–H and O–H groups in total. The molecule has 1 aliphatic rings. The van der Waals surface area contributed by atoms with Crippen LogP contribution < -0.4 is 5.32 Å². The summed E-state index contributed by atoms with van der Waals surface area (Å²) in [7, 11) is 1.82. The van der Waals surface area contributed by atoms with Crippen LogP contribution in [0.4, 0.5) is 4.39 Å². The molecular weight excluding hydrogens is 143 g/mol. The van der Waals surface area contributed by atoms with Gasteiger partial charge in [0.05, 0.1) is 6.04 Å². The number of nitrogens with zero attached hydrogens (tertiary/aromatic N) is 1. The molecule has 0 aromatic heterocycles. The average molecular weight is 160 g/mol. The lowest BCUT2D eigenvalue weighted by Gasteiger charge is -2.19. The van der Waals surface area contributed by atoms with Gasteiger partial charge in [0, 0.05) is 19.1 Å². The number of hydrogen-bond acceptors (Lipinski definition) is 2. The van der Waals surface area contributed by atoms with Gasteiger partial charge in [0.2, 0.25) is 0 Å². The van der Waals surface area contributed by atoms with Crippen LogP contribution in [-0.2, 0) is 0 Å². The second-order valence-corrected chi connectivity index (χ2v) is 3.46. The summed E-state index contributed by atoms with van der Waals surface area (Å²) in [5.41, 5.74) is 0.